The van der Waals surface area contributed by atoms with E-state index in [1.54, 1.807) is 0 Å². The number of hydrogen-bond acceptors (Lipinski definition) is 1. The zero-order valence-corrected chi connectivity index (χ0v) is 6.46. The fourth-order valence-electron chi connectivity index (χ4n) is 1.87. The molecule has 0 spiro atoms. The van der Waals surface area contributed by atoms with E-state index < -0.39 is 0 Å². The summed E-state index contributed by atoms with van der Waals surface area (Å²) in [7, 11) is 0. The number of fused-ring (bicyclic) bond motifs is 1. The van der Waals surface area contributed by atoms with E-state index in [0.29, 0.717) is 5.41 Å². The molecule has 2 rings (SSSR count). The minimum Gasteiger partial charge on any atom is -0.368 e. The predicted octanol–water partition coefficient (Wildman–Crippen LogP) is 1.89. The molecule has 1 nitrogen and oxygen atoms in total. The van der Waals surface area contributed by atoms with Gasteiger partial charge < -0.3 is 5.32 Å². The molecule has 1 fully saturated rings. The van der Waals surface area contributed by atoms with E-state index in [1.165, 1.54) is 0 Å². The lowest BCUT2D eigenvalue weighted by atomic mass is 10.1. The second kappa shape index (κ2) is 1.66. The van der Waals surface area contributed by atoms with Gasteiger partial charge in [-0.05, 0) is 29.7 Å². The van der Waals surface area contributed by atoms with E-state index in [1.807, 2.05) is 12.4 Å². The van der Waals surface area contributed by atoms with Gasteiger partial charge in [-0.1, -0.05) is 26.0 Å². The molecular formula is C9H13N. The molecule has 2 unspecified atom stereocenters. The minimum absolute atomic E-state index is 0.458. The smallest absolute Gasteiger partial charge is 0.00299 e. The SMILES string of the molecule is CC1C2C=CNC=C[C@]12C. The molecule has 1 heterocycles. The minimum atomic E-state index is 0.458. The van der Waals surface area contributed by atoms with Crippen molar-refractivity contribution in [1.82, 2.24) is 5.32 Å². The molecule has 0 saturated heterocycles. The first-order chi connectivity index (χ1) is 4.75. The third-order valence-corrected chi connectivity index (χ3v) is 3.07. The largest absolute Gasteiger partial charge is 0.368 e. The Morgan fingerprint density at radius 3 is 3.00 bits per heavy atom. The summed E-state index contributed by atoms with van der Waals surface area (Å²) < 4.78 is 0. The Kier molecular flexibility index (Phi) is 0.997. The Bertz CT molecular complexity index is 205. The molecule has 2 aliphatic rings. The zero-order chi connectivity index (χ0) is 7.19. The van der Waals surface area contributed by atoms with Crippen LogP contribution in [0.5, 0.6) is 0 Å². The highest BCUT2D eigenvalue weighted by Gasteiger charge is 2.55. The summed E-state index contributed by atoms with van der Waals surface area (Å²) in [5.74, 6) is 1.61. The van der Waals surface area contributed by atoms with Crippen molar-refractivity contribution < 1.29 is 0 Å². The average Bonchev–Trinajstić information content (AvgIpc) is 2.48. The molecule has 1 saturated carbocycles. The van der Waals surface area contributed by atoms with Gasteiger partial charge in [-0.2, -0.15) is 0 Å². The van der Waals surface area contributed by atoms with E-state index in [4.69, 9.17) is 0 Å². The van der Waals surface area contributed by atoms with Gasteiger partial charge in [0.25, 0.3) is 0 Å². The quantitative estimate of drug-likeness (QED) is 0.535. The maximum absolute atomic E-state index is 3.09. The van der Waals surface area contributed by atoms with E-state index in [-0.39, 0.29) is 0 Å². The van der Waals surface area contributed by atoms with Crippen molar-refractivity contribution >= 4 is 0 Å². The standard InChI is InChI=1S/C9H13N/c1-7-8-3-5-10-6-4-9(7,8)2/h3-8,10H,1-2H3/t7?,8?,9-/m1/s1. The molecule has 0 aromatic heterocycles. The molecule has 0 aromatic carbocycles. The highest BCUT2D eigenvalue weighted by Crippen LogP contribution is 2.60. The number of rotatable bonds is 0. The normalized spacial score (nSPS) is 49.4. The van der Waals surface area contributed by atoms with Crippen molar-refractivity contribution in [2.75, 3.05) is 0 Å². The first-order valence-corrected chi connectivity index (χ1v) is 3.85. The number of allylic oxidation sites excluding steroid dienone is 2. The molecule has 0 aromatic rings. The molecule has 0 radical (unpaired) electrons. The van der Waals surface area contributed by atoms with Crippen LogP contribution < -0.4 is 5.32 Å². The Balaban J connectivity index is 2.28. The van der Waals surface area contributed by atoms with Crippen molar-refractivity contribution in [3.05, 3.63) is 24.6 Å². The van der Waals surface area contributed by atoms with Gasteiger partial charge in [0.05, 0.1) is 0 Å². The summed E-state index contributed by atoms with van der Waals surface area (Å²) in [5, 5.41) is 3.09. The summed E-state index contributed by atoms with van der Waals surface area (Å²) in [6.07, 6.45) is 8.63. The molecular weight excluding hydrogens is 122 g/mol. The molecule has 1 N–H and O–H groups in total. The molecule has 3 atom stereocenters. The molecule has 1 aliphatic heterocycles. The van der Waals surface area contributed by atoms with Gasteiger partial charge in [-0.3, -0.25) is 0 Å². The molecule has 10 heavy (non-hydrogen) atoms. The van der Waals surface area contributed by atoms with Crippen LogP contribution in [0.15, 0.2) is 24.6 Å². The van der Waals surface area contributed by atoms with Crippen molar-refractivity contribution in [3.8, 4) is 0 Å². The van der Waals surface area contributed by atoms with Crippen LogP contribution in [-0.4, -0.2) is 0 Å². The van der Waals surface area contributed by atoms with Gasteiger partial charge >= 0.3 is 0 Å². The highest BCUT2D eigenvalue weighted by molar-refractivity contribution is 5.24. The van der Waals surface area contributed by atoms with E-state index in [2.05, 4.69) is 31.3 Å². The molecule has 0 bridgehead atoms. The molecule has 54 valence electrons. The average molecular weight is 135 g/mol. The van der Waals surface area contributed by atoms with Gasteiger partial charge in [0.1, 0.15) is 0 Å². The second-order valence-corrected chi connectivity index (χ2v) is 3.54. The van der Waals surface area contributed by atoms with Gasteiger partial charge in [0, 0.05) is 0 Å². The third-order valence-electron chi connectivity index (χ3n) is 3.07. The van der Waals surface area contributed by atoms with Crippen LogP contribution in [0.1, 0.15) is 13.8 Å². The van der Waals surface area contributed by atoms with Gasteiger partial charge in [-0.15, -0.1) is 0 Å². The lowest BCUT2D eigenvalue weighted by molar-refractivity contribution is 0.650. The van der Waals surface area contributed by atoms with Crippen LogP contribution in [0.25, 0.3) is 0 Å². The monoisotopic (exact) mass is 135 g/mol. The van der Waals surface area contributed by atoms with Gasteiger partial charge in [-0.25, -0.2) is 0 Å². The van der Waals surface area contributed by atoms with Crippen molar-refractivity contribution in [2.24, 2.45) is 17.3 Å². The predicted molar refractivity (Wildman–Crippen MR) is 42.2 cm³/mol. The Morgan fingerprint density at radius 2 is 2.20 bits per heavy atom. The summed E-state index contributed by atoms with van der Waals surface area (Å²) in [5.41, 5.74) is 0.458. The first kappa shape index (κ1) is 6.02. The van der Waals surface area contributed by atoms with E-state index >= 15 is 0 Å². The topological polar surface area (TPSA) is 12.0 Å². The number of hydrogen-bond donors (Lipinski definition) is 1. The van der Waals surface area contributed by atoms with Crippen LogP contribution in [0.2, 0.25) is 0 Å². The summed E-state index contributed by atoms with van der Waals surface area (Å²) in [4.78, 5) is 0. The maximum atomic E-state index is 3.09. The Morgan fingerprint density at radius 1 is 1.40 bits per heavy atom. The van der Waals surface area contributed by atoms with Crippen molar-refractivity contribution in [1.29, 1.82) is 0 Å². The summed E-state index contributed by atoms with van der Waals surface area (Å²) >= 11 is 0. The lowest BCUT2D eigenvalue weighted by Gasteiger charge is -1.98. The number of nitrogens with one attached hydrogen (secondary N) is 1. The van der Waals surface area contributed by atoms with Crippen LogP contribution >= 0.6 is 0 Å². The van der Waals surface area contributed by atoms with Crippen LogP contribution in [0.4, 0.5) is 0 Å². The van der Waals surface area contributed by atoms with Crippen LogP contribution in [-0.2, 0) is 0 Å². The zero-order valence-electron chi connectivity index (χ0n) is 6.46. The van der Waals surface area contributed by atoms with Crippen molar-refractivity contribution in [3.63, 3.8) is 0 Å². The second-order valence-electron chi connectivity index (χ2n) is 3.54. The molecule has 1 aliphatic carbocycles. The van der Waals surface area contributed by atoms with Crippen LogP contribution in [0, 0.1) is 17.3 Å². The van der Waals surface area contributed by atoms with Gasteiger partial charge in [0.15, 0.2) is 0 Å². The fraction of sp³-hybridized carbons (Fsp3) is 0.556. The third kappa shape index (κ3) is 0.578. The molecule has 0 amide bonds. The summed E-state index contributed by atoms with van der Waals surface area (Å²) in [6, 6.07) is 0. The van der Waals surface area contributed by atoms with Crippen LogP contribution in [0.3, 0.4) is 0 Å². The van der Waals surface area contributed by atoms with E-state index in [9.17, 15) is 0 Å². The lowest BCUT2D eigenvalue weighted by Crippen LogP contribution is -1.94. The maximum Gasteiger partial charge on any atom is -0.00299 e. The summed E-state index contributed by atoms with van der Waals surface area (Å²) in [6.45, 7) is 4.63. The Hall–Kier alpha value is -0.720. The Labute approximate surface area is 61.8 Å². The first-order valence-electron chi connectivity index (χ1n) is 3.85. The molecule has 1 heteroatoms. The highest BCUT2D eigenvalue weighted by atomic mass is 14.8. The van der Waals surface area contributed by atoms with Gasteiger partial charge in [0.2, 0.25) is 0 Å². The van der Waals surface area contributed by atoms with Crippen molar-refractivity contribution in [2.45, 2.75) is 13.8 Å². The van der Waals surface area contributed by atoms with E-state index in [0.717, 1.165) is 11.8 Å². The fourth-order valence-corrected chi connectivity index (χ4v) is 1.87.